The molecule has 356 valence electrons. The van der Waals surface area contributed by atoms with Crippen LogP contribution >= 0.6 is 15.9 Å². The van der Waals surface area contributed by atoms with Gasteiger partial charge in [-0.25, -0.2) is 13.4 Å². The Morgan fingerprint density at radius 1 is 0.897 bits per heavy atom. The summed E-state index contributed by atoms with van der Waals surface area (Å²) in [6, 6.07) is 13.7. The standard InChI is InChI=1S/C48H55BrN12O6S/c1-4-29-26-35(54-47-52-28-32(49)44(56-47)53-34-9-8-33-42(51-18-17-50-33)43(34)57-68(3,65)66)39(67-2)27-38(29)60-20-13-31(14-21-60)59-24-22-58(23-25-59)19-12-30-6-5-7-36-41(30)48(15-16-48)46(64)61(36)37-10-11-40(62)55-45(37)63/h5-9,17-18,26-28,31,37,57H,4,10-16,19-25H2,1-3H3,(H,55,62,63)(H2,52,53,54,56). The molecule has 0 bridgehead atoms. The molecule has 0 radical (unpaired) electrons. The van der Waals surface area contributed by atoms with Gasteiger partial charge < -0.3 is 25.2 Å². The summed E-state index contributed by atoms with van der Waals surface area (Å²) in [5.41, 5.74) is 7.30. The fourth-order valence-electron chi connectivity index (χ4n) is 10.6. The highest BCUT2D eigenvalue weighted by Gasteiger charge is 2.62. The SMILES string of the molecule is CCc1cc(Nc2ncc(Br)c(Nc3ccc4nccnc4c3NS(C)(=O)=O)n2)c(OC)cc1N1CCC(N2CCN(CCc3cccc4c3C3(CC3)C(=O)N4C3CCC(=O)NC3=O)CC2)CC1. The number of amides is 3. The van der Waals surface area contributed by atoms with Crippen LogP contribution in [0.4, 0.5) is 40.2 Å². The minimum absolute atomic E-state index is 0.0165. The van der Waals surface area contributed by atoms with Crippen LogP contribution in [0.5, 0.6) is 5.75 Å². The summed E-state index contributed by atoms with van der Waals surface area (Å²) in [4.78, 5) is 66.0. The highest BCUT2D eigenvalue weighted by atomic mass is 79.9. The molecule has 1 atom stereocenters. The van der Waals surface area contributed by atoms with E-state index in [9.17, 15) is 22.8 Å². The number of benzene rings is 3. The van der Waals surface area contributed by atoms with Gasteiger partial charge in [0.25, 0.3) is 0 Å². The van der Waals surface area contributed by atoms with Crippen molar-refractivity contribution >= 4 is 94.9 Å². The smallest absolute Gasteiger partial charge is 0.249 e. The van der Waals surface area contributed by atoms with Crippen LogP contribution in [-0.4, -0.2) is 127 Å². The maximum atomic E-state index is 13.9. The number of halogens is 1. The number of methoxy groups -OCH3 is 1. The van der Waals surface area contributed by atoms with Gasteiger partial charge in [-0.2, -0.15) is 4.98 Å². The highest BCUT2D eigenvalue weighted by Crippen LogP contribution is 2.59. The van der Waals surface area contributed by atoms with E-state index in [1.165, 1.54) is 17.3 Å². The van der Waals surface area contributed by atoms with E-state index in [0.717, 1.165) is 113 Å². The lowest BCUT2D eigenvalue weighted by Crippen LogP contribution is -2.54. The molecule has 68 heavy (non-hydrogen) atoms. The van der Waals surface area contributed by atoms with E-state index in [2.05, 4.69) is 91.4 Å². The van der Waals surface area contributed by atoms with Crippen molar-refractivity contribution in [3.8, 4) is 5.75 Å². The lowest BCUT2D eigenvalue weighted by molar-refractivity contribution is -0.135. The number of aromatic nitrogens is 4. The van der Waals surface area contributed by atoms with Crippen LogP contribution in [-0.2, 0) is 42.7 Å². The molecule has 18 nitrogen and oxygen atoms in total. The van der Waals surface area contributed by atoms with E-state index in [0.29, 0.717) is 51.2 Å². The number of piperidine rings is 2. The minimum Gasteiger partial charge on any atom is -0.494 e. The average Bonchev–Trinajstić information content (AvgIpc) is 4.10. The molecule has 4 N–H and O–H groups in total. The van der Waals surface area contributed by atoms with Crippen LogP contribution in [0.1, 0.15) is 62.1 Å². The number of hydrogen-bond acceptors (Lipinski definition) is 15. The normalized spacial score (nSPS) is 19.9. The Bertz CT molecular complexity index is 2920. The Kier molecular flexibility index (Phi) is 12.5. The van der Waals surface area contributed by atoms with Crippen LogP contribution in [0.25, 0.3) is 11.0 Å². The van der Waals surface area contributed by atoms with Crippen molar-refractivity contribution in [2.24, 2.45) is 0 Å². The summed E-state index contributed by atoms with van der Waals surface area (Å²) in [7, 11) is -2.00. The molecular weight excluding hydrogens is 953 g/mol. The molecule has 4 aliphatic heterocycles. The molecule has 20 heteroatoms. The van der Waals surface area contributed by atoms with Crippen LogP contribution in [0.2, 0.25) is 0 Å². The number of rotatable bonds is 14. The lowest BCUT2D eigenvalue weighted by Gasteiger charge is -2.43. The Hall–Kier alpha value is -5.96. The second-order valence-corrected chi connectivity index (χ2v) is 20.9. The van der Waals surface area contributed by atoms with Gasteiger partial charge in [-0.05, 0) is 102 Å². The van der Waals surface area contributed by atoms with E-state index in [4.69, 9.17) is 9.72 Å². The third-order valence-electron chi connectivity index (χ3n) is 14.1. The first-order valence-corrected chi connectivity index (χ1v) is 26.0. The molecule has 2 aromatic heterocycles. The van der Waals surface area contributed by atoms with Crippen molar-refractivity contribution in [1.29, 1.82) is 0 Å². The summed E-state index contributed by atoms with van der Waals surface area (Å²) in [5, 5.41) is 9.06. The fourth-order valence-corrected chi connectivity index (χ4v) is 11.4. The number of aryl methyl sites for hydroxylation is 1. The van der Waals surface area contributed by atoms with Crippen molar-refractivity contribution in [1.82, 2.24) is 35.1 Å². The van der Waals surface area contributed by atoms with Crippen molar-refractivity contribution < 1.29 is 27.5 Å². The predicted molar refractivity (Wildman–Crippen MR) is 265 cm³/mol. The molecule has 1 spiro atoms. The average molecular weight is 1010 g/mol. The van der Waals surface area contributed by atoms with E-state index in [-0.39, 0.29) is 29.8 Å². The van der Waals surface area contributed by atoms with E-state index in [1.54, 1.807) is 36.5 Å². The second-order valence-electron chi connectivity index (χ2n) is 18.3. The number of nitrogens with one attached hydrogen (secondary N) is 4. The number of nitrogens with zero attached hydrogens (tertiary/aromatic N) is 8. The molecule has 10 rings (SSSR count). The van der Waals surface area contributed by atoms with E-state index in [1.807, 2.05) is 12.1 Å². The zero-order chi connectivity index (χ0) is 47.3. The molecule has 6 heterocycles. The monoisotopic (exact) mass is 1010 g/mol. The van der Waals surface area contributed by atoms with Crippen molar-refractivity contribution in [3.05, 3.63) is 82.2 Å². The Balaban J connectivity index is 0.757. The zero-order valence-corrected chi connectivity index (χ0v) is 40.8. The Morgan fingerprint density at radius 2 is 1.68 bits per heavy atom. The van der Waals surface area contributed by atoms with Gasteiger partial charge in [0.05, 0.1) is 45.8 Å². The predicted octanol–water partition coefficient (Wildman–Crippen LogP) is 5.62. The van der Waals surface area contributed by atoms with Crippen molar-refractivity contribution in [2.45, 2.75) is 75.8 Å². The Labute approximate surface area is 403 Å². The molecule has 5 aliphatic rings. The number of fused-ring (bicyclic) bond motifs is 3. The van der Waals surface area contributed by atoms with Gasteiger partial charge in [0, 0.05) is 94.3 Å². The van der Waals surface area contributed by atoms with E-state index >= 15 is 0 Å². The molecule has 3 aromatic carbocycles. The maximum absolute atomic E-state index is 13.9. The van der Waals surface area contributed by atoms with Gasteiger partial charge >= 0.3 is 0 Å². The molecule has 1 saturated carbocycles. The molecule has 4 fully saturated rings. The van der Waals surface area contributed by atoms with Gasteiger partial charge in [-0.1, -0.05) is 19.1 Å². The number of ether oxygens (including phenoxy) is 1. The second kappa shape index (κ2) is 18.5. The van der Waals surface area contributed by atoms with Gasteiger partial charge in [0.2, 0.25) is 33.7 Å². The van der Waals surface area contributed by atoms with Crippen LogP contribution in [0, 0.1) is 0 Å². The number of anilines is 7. The zero-order valence-electron chi connectivity index (χ0n) is 38.3. The number of carbonyl (C=O) groups excluding carboxylic acids is 3. The summed E-state index contributed by atoms with van der Waals surface area (Å²) in [6.45, 7) is 8.96. The summed E-state index contributed by atoms with van der Waals surface area (Å²) >= 11 is 3.55. The molecule has 1 aliphatic carbocycles. The Morgan fingerprint density at radius 3 is 2.40 bits per heavy atom. The first-order valence-electron chi connectivity index (χ1n) is 23.3. The topological polar surface area (TPSA) is 207 Å². The van der Waals surface area contributed by atoms with Gasteiger partial charge in [-0.3, -0.25) is 44.2 Å². The number of piperazine rings is 1. The van der Waals surface area contributed by atoms with E-state index < -0.39 is 21.5 Å². The van der Waals surface area contributed by atoms with Gasteiger partial charge in [0.1, 0.15) is 23.1 Å². The largest absolute Gasteiger partial charge is 0.494 e. The molecule has 3 saturated heterocycles. The van der Waals surface area contributed by atoms with Crippen LogP contribution < -0.4 is 35.2 Å². The highest BCUT2D eigenvalue weighted by molar-refractivity contribution is 9.10. The van der Waals surface area contributed by atoms with Crippen LogP contribution in [0.15, 0.2) is 65.5 Å². The van der Waals surface area contributed by atoms with Crippen molar-refractivity contribution in [3.63, 3.8) is 0 Å². The molecule has 3 amide bonds. The summed E-state index contributed by atoms with van der Waals surface area (Å²) in [6.07, 6.45) is 11.8. The summed E-state index contributed by atoms with van der Waals surface area (Å²) < 4.78 is 33.8. The van der Waals surface area contributed by atoms with Gasteiger partial charge in [0.15, 0.2) is 0 Å². The number of carbonyl (C=O) groups is 3. The first kappa shape index (κ1) is 45.8. The lowest BCUT2D eigenvalue weighted by atomic mass is 9.91. The fraction of sp³-hybridized carbons (Fsp3) is 0.438. The number of sulfonamides is 1. The number of imide groups is 1. The molecule has 1 unspecified atom stereocenters. The third kappa shape index (κ3) is 8.94. The van der Waals surface area contributed by atoms with Crippen molar-refractivity contribution in [2.75, 3.05) is 84.3 Å². The minimum atomic E-state index is -3.65. The first-order chi connectivity index (χ1) is 32.8. The molecular formula is C48H55BrN12O6S. The maximum Gasteiger partial charge on any atom is 0.249 e. The van der Waals surface area contributed by atoms with Crippen LogP contribution in [0.3, 0.4) is 0 Å². The quantitative estimate of drug-likeness (QED) is 0.0996. The van der Waals surface area contributed by atoms with Gasteiger partial charge in [-0.15, -0.1) is 0 Å². The molecule has 5 aromatic rings. The summed E-state index contributed by atoms with van der Waals surface area (Å²) in [5.74, 6) is 0.743. The third-order valence-corrected chi connectivity index (χ3v) is 15.3. The number of hydrogen-bond donors (Lipinski definition) is 4.